The van der Waals surface area contributed by atoms with E-state index in [4.69, 9.17) is 28.5 Å². The maximum Gasteiger partial charge on any atom is 0.226 e. The van der Waals surface area contributed by atoms with E-state index in [0.717, 1.165) is 5.69 Å². The van der Waals surface area contributed by atoms with Gasteiger partial charge in [-0.3, -0.25) is 4.79 Å². The van der Waals surface area contributed by atoms with Crippen LogP contribution in [0.15, 0.2) is 42.5 Å². The van der Waals surface area contributed by atoms with Crippen LogP contribution in [0.2, 0.25) is 10.0 Å². The van der Waals surface area contributed by atoms with Crippen molar-refractivity contribution in [3.8, 4) is 6.07 Å². The molecule has 4 nitrogen and oxygen atoms in total. The van der Waals surface area contributed by atoms with Gasteiger partial charge in [-0.05, 0) is 42.5 Å². The zero-order valence-electron chi connectivity index (χ0n) is 11.6. The standard InChI is InChI=1S/C16H13Cl2N3O/c17-12-3-6-14(18)15(9-12)21-16(22)7-8-20-13-4-1-11(10-19)2-5-13/h1-6,9,20H,7-8H2,(H,21,22). The Morgan fingerprint density at radius 1 is 1.14 bits per heavy atom. The van der Waals surface area contributed by atoms with Crippen molar-refractivity contribution >= 4 is 40.5 Å². The Hall–Kier alpha value is -2.22. The molecule has 1 amide bonds. The molecule has 112 valence electrons. The fourth-order valence-corrected chi connectivity index (χ4v) is 2.13. The van der Waals surface area contributed by atoms with E-state index in [1.54, 1.807) is 42.5 Å². The minimum Gasteiger partial charge on any atom is -0.385 e. The summed E-state index contributed by atoms with van der Waals surface area (Å²) in [4.78, 5) is 11.9. The maximum atomic E-state index is 11.9. The summed E-state index contributed by atoms with van der Waals surface area (Å²) in [6.07, 6.45) is 0.281. The Balaban J connectivity index is 1.82. The number of nitrogens with zero attached hydrogens (tertiary/aromatic N) is 1. The fourth-order valence-electron chi connectivity index (χ4n) is 1.79. The van der Waals surface area contributed by atoms with E-state index in [-0.39, 0.29) is 12.3 Å². The van der Waals surface area contributed by atoms with Crippen LogP contribution in [-0.2, 0) is 4.79 Å². The molecule has 0 spiro atoms. The lowest BCUT2D eigenvalue weighted by atomic mass is 10.2. The Morgan fingerprint density at radius 2 is 1.86 bits per heavy atom. The van der Waals surface area contributed by atoms with Crippen LogP contribution in [-0.4, -0.2) is 12.5 Å². The molecule has 0 bridgehead atoms. The first-order valence-electron chi connectivity index (χ1n) is 6.57. The van der Waals surface area contributed by atoms with Gasteiger partial charge in [0, 0.05) is 23.7 Å². The van der Waals surface area contributed by atoms with Crippen molar-refractivity contribution in [3.63, 3.8) is 0 Å². The molecule has 0 saturated carbocycles. The van der Waals surface area contributed by atoms with Crippen LogP contribution in [0, 0.1) is 11.3 Å². The molecule has 0 radical (unpaired) electrons. The fraction of sp³-hybridized carbons (Fsp3) is 0.125. The number of amides is 1. The SMILES string of the molecule is N#Cc1ccc(NCCC(=O)Nc2cc(Cl)ccc2Cl)cc1. The number of rotatable bonds is 5. The smallest absolute Gasteiger partial charge is 0.226 e. The second-order valence-electron chi connectivity index (χ2n) is 4.54. The molecule has 0 unspecified atom stereocenters. The molecule has 0 fully saturated rings. The third-order valence-electron chi connectivity index (χ3n) is 2.90. The van der Waals surface area contributed by atoms with E-state index in [2.05, 4.69) is 16.7 Å². The van der Waals surface area contributed by atoms with Crippen molar-refractivity contribution in [1.29, 1.82) is 5.26 Å². The third-order valence-corrected chi connectivity index (χ3v) is 3.46. The van der Waals surface area contributed by atoms with Crippen LogP contribution in [0.25, 0.3) is 0 Å². The molecule has 0 aromatic heterocycles. The molecule has 2 aromatic carbocycles. The Bertz CT molecular complexity index is 708. The molecule has 0 heterocycles. The van der Waals surface area contributed by atoms with Gasteiger partial charge in [-0.1, -0.05) is 23.2 Å². The highest BCUT2D eigenvalue weighted by Crippen LogP contribution is 2.25. The Kier molecular flexibility index (Phi) is 5.65. The lowest BCUT2D eigenvalue weighted by Gasteiger charge is -2.09. The van der Waals surface area contributed by atoms with Gasteiger partial charge in [0.2, 0.25) is 5.91 Å². The number of nitrogens with one attached hydrogen (secondary N) is 2. The van der Waals surface area contributed by atoms with E-state index >= 15 is 0 Å². The molecule has 0 saturated heterocycles. The average molecular weight is 334 g/mol. The van der Waals surface area contributed by atoms with Crippen LogP contribution < -0.4 is 10.6 Å². The molecule has 2 N–H and O–H groups in total. The first-order chi connectivity index (χ1) is 10.6. The summed E-state index contributed by atoms with van der Waals surface area (Å²) in [5.74, 6) is -0.162. The largest absolute Gasteiger partial charge is 0.385 e. The first-order valence-corrected chi connectivity index (χ1v) is 7.33. The average Bonchev–Trinajstić information content (AvgIpc) is 2.51. The number of carbonyl (C=O) groups excluding carboxylic acids is 1. The summed E-state index contributed by atoms with van der Waals surface area (Å²) < 4.78 is 0. The topological polar surface area (TPSA) is 64.9 Å². The molecule has 0 aliphatic carbocycles. The minimum absolute atomic E-state index is 0.162. The number of carbonyl (C=O) groups is 1. The first kappa shape index (κ1) is 16.2. The number of hydrogen-bond acceptors (Lipinski definition) is 3. The summed E-state index contributed by atoms with van der Waals surface area (Å²) in [6, 6.07) is 14.0. The summed E-state index contributed by atoms with van der Waals surface area (Å²) in [5, 5.41) is 15.5. The Morgan fingerprint density at radius 3 is 2.55 bits per heavy atom. The molecule has 22 heavy (non-hydrogen) atoms. The van der Waals surface area contributed by atoms with Crippen LogP contribution in [0.4, 0.5) is 11.4 Å². The summed E-state index contributed by atoms with van der Waals surface area (Å²) in [6.45, 7) is 0.468. The van der Waals surface area contributed by atoms with Gasteiger partial charge in [-0.2, -0.15) is 5.26 Å². The molecule has 2 aromatic rings. The molecule has 0 aliphatic rings. The monoisotopic (exact) mass is 333 g/mol. The molecular formula is C16H13Cl2N3O. The van der Waals surface area contributed by atoms with Crippen LogP contribution in [0.3, 0.4) is 0 Å². The van der Waals surface area contributed by atoms with Gasteiger partial charge in [-0.15, -0.1) is 0 Å². The molecule has 0 atom stereocenters. The molecule has 6 heteroatoms. The van der Waals surface area contributed by atoms with Gasteiger partial charge < -0.3 is 10.6 Å². The number of anilines is 2. The second kappa shape index (κ2) is 7.69. The van der Waals surface area contributed by atoms with Gasteiger partial charge in [0.05, 0.1) is 22.3 Å². The summed E-state index contributed by atoms with van der Waals surface area (Å²) >= 11 is 11.8. The summed E-state index contributed by atoms with van der Waals surface area (Å²) in [5.41, 5.74) is 1.95. The van der Waals surface area contributed by atoms with Gasteiger partial charge in [0.15, 0.2) is 0 Å². The highest BCUT2D eigenvalue weighted by molar-refractivity contribution is 6.35. The molecular weight excluding hydrogens is 321 g/mol. The predicted octanol–water partition coefficient (Wildman–Crippen LogP) is 4.31. The normalized spacial score (nSPS) is 9.86. The lowest BCUT2D eigenvalue weighted by molar-refractivity contribution is -0.115. The van der Waals surface area contributed by atoms with E-state index < -0.39 is 0 Å². The molecule has 2 rings (SSSR count). The lowest BCUT2D eigenvalue weighted by Crippen LogP contribution is -2.16. The van der Waals surface area contributed by atoms with E-state index in [9.17, 15) is 4.79 Å². The molecule has 0 aliphatic heterocycles. The maximum absolute atomic E-state index is 11.9. The zero-order valence-corrected chi connectivity index (χ0v) is 13.1. The van der Waals surface area contributed by atoms with Crippen LogP contribution >= 0.6 is 23.2 Å². The summed E-state index contributed by atoms with van der Waals surface area (Å²) in [7, 11) is 0. The van der Waals surface area contributed by atoms with Gasteiger partial charge >= 0.3 is 0 Å². The van der Waals surface area contributed by atoms with Crippen molar-refractivity contribution in [2.24, 2.45) is 0 Å². The van der Waals surface area contributed by atoms with Crippen molar-refractivity contribution in [2.45, 2.75) is 6.42 Å². The van der Waals surface area contributed by atoms with Crippen LogP contribution in [0.1, 0.15) is 12.0 Å². The highest BCUT2D eigenvalue weighted by atomic mass is 35.5. The van der Waals surface area contributed by atoms with Crippen molar-refractivity contribution in [2.75, 3.05) is 17.2 Å². The minimum atomic E-state index is -0.162. The predicted molar refractivity (Wildman–Crippen MR) is 89.4 cm³/mol. The van der Waals surface area contributed by atoms with E-state index in [0.29, 0.717) is 27.8 Å². The number of hydrogen-bond donors (Lipinski definition) is 2. The van der Waals surface area contributed by atoms with E-state index in [1.165, 1.54) is 0 Å². The Labute approximate surface area is 138 Å². The third kappa shape index (κ3) is 4.66. The number of benzene rings is 2. The van der Waals surface area contributed by atoms with Crippen molar-refractivity contribution in [3.05, 3.63) is 58.1 Å². The van der Waals surface area contributed by atoms with Crippen molar-refractivity contribution in [1.82, 2.24) is 0 Å². The van der Waals surface area contributed by atoms with Gasteiger partial charge in [0.1, 0.15) is 0 Å². The highest BCUT2D eigenvalue weighted by Gasteiger charge is 2.06. The zero-order chi connectivity index (χ0) is 15.9. The second-order valence-corrected chi connectivity index (χ2v) is 5.38. The van der Waals surface area contributed by atoms with Gasteiger partial charge in [0.25, 0.3) is 0 Å². The van der Waals surface area contributed by atoms with E-state index in [1.807, 2.05) is 0 Å². The van der Waals surface area contributed by atoms with Gasteiger partial charge in [-0.25, -0.2) is 0 Å². The quantitative estimate of drug-likeness (QED) is 0.856. The van der Waals surface area contributed by atoms with Crippen molar-refractivity contribution < 1.29 is 4.79 Å². The van der Waals surface area contributed by atoms with Crippen LogP contribution in [0.5, 0.6) is 0 Å². The number of halogens is 2. The number of nitriles is 1.